The number of hydrogen-bond donors (Lipinski definition) is 0. The van der Waals surface area contributed by atoms with E-state index in [1.54, 1.807) is 12.3 Å². The zero-order chi connectivity index (χ0) is 13.0. The molecule has 0 atom stereocenters. The van der Waals surface area contributed by atoms with E-state index in [4.69, 9.17) is 0 Å². The van der Waals surface area contributed by atoms with Crippen molar-refractivity contribution in [3.63, 3.8) is 0 Å². The summed E-state index contributed by atoms with van der Waals surface area (Å²) < 4.78 is 15.5. The molecule has 0 bridgehead atoms. The molecule has 0 radical (unpaired) electrons. The van der Waals surface area contributed by atoms with Gasteiger partial charge >= 0.3 is 0 Å². The van der Waals surface area contributed by atoms with Gasteiger partial charge in [0, 0.05) is 37.6 Å². The Morgan fingerprint density at radius 2 is 2.17 bits per heavy atom. The Balaban J connectivity index is 2.17. The quantitative estimate of drug-likeness (QED) is 0.815. The molecular weight excluding hydrogens is 231 g/mol. The molecular formula is C13H17FN4. The highest BCUT2D eigenvalue weighted by molar-refractivity contribution is 5.46. The minimum atomic E-state index is -0.290. The maximum Gasteiger partial charge on any atom is 0.164 e. The minimum absolute atomic E-state index is 0.290. The van der Waals surface area contributed by atoms with Crippen LogP contribution >= 0.6 is 0 Å². The normalized spacial score (nSPS) is 10.6. The van der Waals surface area contributed by atoms with Crippen LogP contribution in [-0.2, 0) is 13.1 Å². The third-order valence-corrected chi connectivity index (χ3v) is 2.86. The lowest BCUT2D eigenvalue weighted by Gasteiger charge is -2.22. The van der Waals surface area contributed by atoms with E-state index in [1.165, 1.54) is 6.20 Å². The lowest BCUT2D eigenvalue weighted by Crippen LogP contribution is -2.22. The molecule has 0 saturated carbocycles. The number of aryl methyl sites for hydroxylation is 1. The van der Waals surface area contributed by atoms with Gasteiger partial charge in [0.25, 0.3) is 0 Å². The van der Waals surface area contributed by atoms with Crippen molar-refractivity contribution < 1.29 is 4.39 Å². The van der Waals surface area contributed by atoms with E-state index < -0.39 is 0 Å². The van der Waals surface area contributed by atoms with Gasteiger partial charge in [-0.25, -0.2) is 4.39 Å². The summed E-state index contributed by atoms with van der Waals surface area (Å²) in [6, 6.07) is 1.70. The Bertz CT molecular complexity index is 509. The predicted octanol–water partition coefficient (Wildman–Crippen LogP) is 2.46. The van der Waals surface area contributed by atoms with Gasteiger partial charge in [0.1, 0.15) is 0 Å². The van der Waals surface area contributed by atoms with E-state index in [0.29, 0.717) is 12.2 Å². The van der Waals surface area contributed by atoms with Crippen molar-refractivity contribution >= 4 is 5.69 Å². The fraction of sp³-hybridized carbons (Fsp3) is 0.385. The van der Waals surface area contributed by atoms with Gasteiger partial charge in [-0.1, -0.05) is 0 Å². The van der Waals surface area contributed by atoms with Gasteiger partial charge in [0.05, 0.1) is 18.1 Å². The van der Waals surface area contributed by atoms with Gasteiger partial charge < -0.3 is 4.90 Å². The minimum Gasteiger partial charge on any atom is -0.365 e. The van der Waals surface area contributed by atoms with Crippen molar-refractivity contribution in [2.45, 2.75) is 26.9 Å². The van der Waals surface area contributed by atoms with E-state index >= 15 is 0 Å². The molecule has 0 aliphatic carbocycles. The molecule has 0 unspecified atom stereocenters. The summed E-state index contributed by atoms with van der Waals surface area (Å²) in [5.74, 6) is -0.290. The largest absolute Gasteiger partial charge is 0.365 e. The summed E-state index contributed by atoms with van der Waals surface area (Å²) in [6.07, 6.45) is 6.66. The molecule has 2 rings (SSSR count). The lowest BCUT2D eigenvalue weighted by atomic mass is 10.2. The van der Waals surface area contributed by atoms with Crippen molar-refractivity contribution in [1.29, 1.82) is 0 Å². The van der Waals surface area contributed by atoms with Crippen molar-refractivity contribution in [3.05, 3.63) is 42.2 Å². The summed E-state index contributed by atoms with van der Waals surface area (Å²) in [6.45, 7) is 6.27. The molecule has 0 aromatic carbocycles. The van der Waals surface area contributed by atoms with Crippen LogP contribution in [-0.4, -0.2) is 21.3 Å². The molecule has 0 fully saturated rings. The molecule has 0 spiro atoms. The standard InChI is InChI=1S/C13H17FN4/c1-3-17(13-5-6-15-8-12(13)14)9-11-7-16-18(4-2)10-11/h5-8,10H,3-4,9H2,1-2H3. The molecule has 4 nitrogen and oxygen atoms in total. The number of pyridine rings is 1. The summed E-state index contributed by atoms with van der Waals surface area (Å²) in [5, 5.41) is 4.22. The second kappa shape index (κ2) is 5.62. The van der Waals surface area contributed by atoms with Crippen molar-refractivity contribution in [3.8, 4) is 0 Å². The highest BCUT2D eigenvalue weighted by Crippen LogP contribution is 2.19. The van der Waals surface area contributed by atoms with Gasteiger partial charge in [-0.15, -0.1) is 0 Å². The van der Waals surface area contributed by atoms with Crippen molar-refractivity contribution in [2.75, 3.05) is 11.4 Å². The monoisotopic (exact) mass is 248 g/mol. The van der Waals surface area contributed by atoms with E-state index in [2.05, 4.69) is 10.1 Å². The molecule has 2 heterocycles. The van der Waals surface area contributed by atoms with Crippen LogP contribution in [0.5, 0.6) is 0 Å². The molecule has 0 aliphatic rings. The second-order valence-corrected chi connectivity index (χ2v) is 4.05. The maximum absolute atomic E-state index is 13.7. The second-order valence-electron chi connectivity index (χ2n) is 4.05. The van der Waals surface area contributed by atoms with Gasteiger partial charge in [0.15, 0.2) is 5.82 Å². The Kier molecular flexibility index (Phi) is 3.92. The molecule has 18 heavy (non-hydrogen) atoms. The molecule has 5 heteroatoms. The first-order chi connectivity index (χ1) is 8.74. The first kappa shape index (κ1) is 12.5. The van der Waals surface area contributed by atoms with Gasteiger partial charge in [-0.3, -0.25) is 9.67 Å². The third-order valence-electron chi connectivity index (χ3n) is 2.86. The van der Waals surface area contributed by atoms with Crippen molar-refractivity contribution in [1.82, 2.24) is 14.8 Å². The van der Waals surface area contributed by atoms with Crippen LogP contribution in [0.25, 0.3) is 0 Å². The fourth-order valence-electron chi connectivity index (χ4n) is 1.87. The van der Waals surface area contributed by atoms with Crippen LogP contribution in [0.15, 0.2) is 30.9 Å². The summed E-state index contributed by atoms with van der Waals surface area (Å²) in [4.78, 5) is 5.73. The number of halogens is 1. The van der Waals surface area contributed by atoms with E-state index in [0.717, 1.165) is 18.7 Å². The van der Waals surface area contributed by atoms with Crippen molar-refractivity contribution in [2.24, 2.45) is 0 Å². The number of rotatable bonds is 5. The van der Waals surface area contributed by atoms with Crippen LogP contribution in [0, 0.1) is 5.82 Å². The number of hydrogen-bond acceptors (Lipinski definition) is 3. The smallest absolute Gasteiger partial charge is 0.164 e. The Labute approximate surface area is 106 Å². The SMILES string of the molecule is CCN(Cc1cnn(CC)c1)c1ccncc1F. The van der Waals surface area contributed by atoms with E-state index in [9.17, 15) is 4.39 Å². The topological polar surface area (TPSA) is 34.0 Å². The average Bonchev–Trinajstić information content (AvgIpc) is 2.85. The number of anilines is 1. The Morgan fingerprint density at radius 1 is 1.33 bits per heavy atom. The Morgan fingerprint density at radius 3 is 2.78 bits per heavy atom. The zero-order valence-electron chi connectivity index (χ0n) is 10.7. The molecule has 0 N–H and O–H groups in total. The molecule has 0 saturated heterocycles. The maximum atomic E-state index is 13.7. The van der Waals surface area contributed by atoms with Gasteiger partial charge in [-0.05, 0) is 19.9 Å². The number of aromatic nitrogens is 3. The molecule has 96 valence electrons. The first-order valence-corrected chi connectivity index (χ1v) is 6.10. The molecule has 0 amide bonds. The highest BCUT2D eigenvalue weighted by Gasteiger charge is 2.11. The molecule has 2 aromatic heterocycles. The van der Waals surface area contributed by atoms with Gasteiger partial charge in [-0.2, -0.15) is 5.10 Å². The van der Waals surface area contributed by atoms with Crippen LogP contribution < -0.4 is 4.90 Å². The first-order valence-electron chi connectivity index (χ1n) is 6.10. The van der Waals surface area contributed by atoms with Gasteiger partial charge in [0.2, 0.25) is 0 Å². The molecule has 0 aliphatic heterocycles. The van der Waals surface area contributed by atoms with Crippen LogP contribution in [0.4, 0.5) is 10.1 Å². The Hall–Kier alpha value is -1.91. The summed E-state index contributed by atoms with van der Waals surface area (Å²) in [7, 11) is 0. The average molecular weight is 248 g/mol. The van der Waals surface area contributed by atoms with Crippen LogP contribution in [0.3, 0.4) is 0 Å². The predicted molar refractivity (Wildman–Crippen MR) is 68.8 cm³/mol. The number of nitrogens with zero attached hydrogens (tertiary/aromatic N) is 4. The third kappa shape index (κ3) is 2.67. The van der Waals surface area contributed by atoms with E-state index in [-0.39, 0.29) is 5.82 Å². The summed E-state index contributed by atoms with van der Waals surface area (Å²) >= 11 is 0. The zero-order valence-corrected chi connectivity index (χ0v) is 10.7. The van der Waals surface area contributed by atoms with Crippen LogP contribution in [0.2, 0.25) is 0 Å². The fourth-order valence-corrected chi connectivity index (χ4v) is 1.87. The van der Waals surface area contributed by atoms with Crippen LogP contribution in [0.1, 0.15) is 19.4 Å². The van der Waals surface area contributed by atoms with E-state index in [1.807, 2.05) is 35.8 Å². The highest BCUT2D eigenvalue weighted by atomic mass is 19.1. The summed E-state index contributed by atoms with van der Waals surface area (Å²) in [5.41, 5.74) is 1.66. The molecule has 2 aromatic rings. The lowest BCUT2D eigenvalue weighted by molar-refractivity contribution is 0.611.